The van der Waals surface area contributed by atoms with Gasteiger partial charge in [-0.2, -0.15) is 0 Å². The topological polar surface area (TPSA) is 102 Å². The van der Waals surface area contributed by atoms with Gasteiger partial charge in [0.2, 0.25) is 5.78 Å². The molecule has 1 heterocycles. The van der Waals surface area contributed by atoms with Gasteiger partial charge in [-0.3, -0.25) is 9.59 Å². The van der Waals surface area contributed by atoms with Crippen LogP contribution in [0.5, 0.6) is 11.5 Å². The number of benzene rings is 2. The quantitative estimate of drug-likeness (QED) is 0.239. The smallest absolute Gasteiger partial charge is 0.287 e. The summed E-state index contributed by atoms with van der Waals surface area (Å²) in [6, 6.07) is 11.2. The van der Waals surface area contributed by atoms with Crippen LogP contribution in [0.1, 0.15) is 37.7 Å². The Hall–Kier alpha value is -4.12. The van der Waals surface area contributed by atoms with Crippen LogP contribution in [-0.4, -0.2) is 42.4 Å². The fourth-order valence-corrected chi connectivity index (χ4v) is 3.44. The van der Waals surface area contributed by atoms with Crippen molar-refractivity contribution >= 4 is 34.1 Å². The molecule has 0 saturated heterocycles. The molecule has 34 heavy (non-hydrogen) atoms. The number of terminal acetylenes is 1. The van der Waals surface area contributed by atoms with E-state index in [1.807, 2.05) is 36.4 Å². The van der Waals surface area contributed by atoms with Crippen molar-refractivity contribution in [2.75, 3.05) is 26.1 Å². The molecule has 0 unspecified atom stereocenters. The van der Waals surface area contributed by atoms with E-state index in [2.05, 4.69) is 26.5 Å². The van der Waals surface area contributed by atoms with E-state index in [1.54, 1.807) is 7.11 Å². The van der Waals surface area contributed by atoms with Crippen LogP contribution in [-0.2, 0) is 9.59 Å². The van der Waals surface area contributed by atoms with E-state index in [0.717, 1.165) is 41.4 Å². The maximum absolute atomic E-state index is 11.5. The van der Waals surface area contributed by atoms with Gasteiger partial charge in [0.25, 0.3) is 5.91 Å². The number of likely N-dealkylation sites (N-methyl/N-ethyl adjacent to an activating group) is 1. The second-order valence-corrected chi connectivity index (χ2v) is 7.61. The Labute approximate surface area is 199 Å². The average molecular weight is 461 g/mol. The first-order chi connectivity index (χ1) is 16.5. The third kappa shape index (κ3) is 6.45. The van der Waals surface area contributed by atoms with Gasteiger partial charge in [-0.05, 0) is 37.1 Å². The van der Waals surface area contributed by atoms with Crippen molar-refractivity contribution in [3.8, 4) is 23.8 Å². The first-order valence-electron chi connectivity index (χ1n) is 11.1. The van der Waals surface area contributed by atoms with Crippen LogP contribution in [0.15, 0.2) is 42.7 Å². The molecule has 0 aliphatic carbocycles. The number of carbonyl (C=O) groups is 2. The van der Waals surface area contributed by atoms with Crippen molar-refractivity contribution in [2.24, 2.45) is 0 Å². The summed E-state index contributed by atoms with van der Waals surface area (Å²) in [6.07, 6.45) is 10.5. The van der Waals surface area contributed by atoms with Crippen molar-refractivity contribution < 1.29 is 19.1 Å². The predicted molar refractivity (Wildman–Crippen MR) is 131 cm³/mol. The lowest BCUT2D eigenvalue weighted by Gasteiger charge is -2.14. The second kappa shape index (κ2) is 12.2. The molecular formula is C26H28N4O4. The van der Waals surface area contributed by atoms with Crippen LogP contribution in [0.3, 0.4) is 0 Å². The van der Waals surface area contributed by atoms with Gasteiger partial charge < -0.3 is 20.1 Å². The normalized spacial score (nSPS) is 10.4. The molecular weight excluding hydrogens is 432 g/mol. The second-order valence-electron chi connectivity index (χ2n) is 7.61. The lowest BCUT2D eigenvalue weighted by atomic mass is 10.1. The maximum atomic E-state index is 11.5. The van der Waals surface area contributed by atoms with Crippen LogP contribution >= 0.6 is 0 Å². The molecule has 8 heteroatoms. The first kappa shape index (κ1) is 24.5. The van der Waals surface area contributed by atoms with Gasteiger partial charge in [0.1, 0.15) is 12.1 Å². The highest BCUT2D eigenvalue weighted by Crippen LogP contribution is 2.35. The average Bonchev–Trinajstić information content (AvgIpc) is 2.87. The van der Waals surface area contributed by atoms with E-state index in [4.69, 9.17) is 15.9 Å². The van der Waals surface area contributed by atoms with Crippen molar-refractivity contribution in [3.05, 3.63) is 48.3 Å². The van der Waals surface area contributed by atoms with Gasteiger partial charge in [0.05, 0.1) is 19.2 Å². The number of hydrogen-bond acceptors (Lipinski definition) is 7. The number of nitrogens with one attached hydrogen (secondary N) is 2. The Bertz CT molecular complexity index is 1200. The molecule has 0 saturated carbocycles. The van der Waals surface area contributed by atoms with E-state index in [9.17, 15) is 9.59 Å². The monoisotopic (exact) mass is 460 g/mol. The molecule has 3 aromatic rings. The highest BCUT2D eigenvalue weighted by atomic mass is 16.5. The number of Topliss-reactive ketones (excluding diaryl/α,β-unsaturated/α-hetero) is 1. The third-order valence-electron chi connectivity index (χ3n) is 5.25. The molecule has 176 valence electrons. The molecule has 0 spiro atoms. The molecule has 0 fully saturated rings. The number of amides is 1. The number of methoxy groups -OCH3 is 1. The van der Waals surface area contributed by atoms with Gasteiger partial charge in [-0.1, -0.05) is 24.8 Å². The molecule has 0 bridgehead atoms. The summed E-state index contributed by atoms with van der Waals surface area (Å²) in [5.74, 6) is 3.53. The predicted octanol–water partition coefficient (Wildman–Crippen LogP) is 4.01. The Balaban J connectivity index is 1.63. The summed E-state index contributed by atoms with van der Waals surface area (Å²) in [6.45, 7) is 0.492. The number of aromatic nitrogens is 2. The van der Waals surface area contributed by atoms with Gasteiger partial charge in [-0.25, -0.2) is 9.97 Å². The van der Waals surface area contributed by atoms with Crippen molar-refractivity contribution in [2.45, 2.75) is 32.1 Å². The van der Waals surface area contributed by atoms with Crippen molar-refractivity contribution in [1.29, 1.82) is 0 Å². The van der Waals surface area contributed by atoms with Crippen LogP contribution in [0, 0.1) is 12.3 Å². The summed E-state index contributed by atoms with van der Waals surface area (Å²) in [5.41, 5.74) is 2.31. The number of anilines is 2. The Morgan fingerprint density at radius 1 is 1.06 bits per heavy atom. The zero-order valence-corrected chi connectivity index (χ0v) is 19.4. The largest absolute Gasteiger partial charge is 0.493 e. The summed E-state index contributed by atoms with van der Waals surface area (Å²) < 4.78 is 11.5. The molecule has 3 rings (SSSR count). The number of fused-ring (bicyclic) bond motifs is 1. The van der Waals surface area contributed by atoms with Gasteiger partial charge in [-0.15, -0.1) is 6.42 Å². The minimum atomic E-state index is -0.534. The third-order valence-corrected chi connectivity index (χ3v) is 5.25. The van der Waals surface area contributed by atoms with Gasteiger partial charge >= 0.3 is 0 Å². The Morgan fingerprint density at radius 2 is 1.88 bits per heavy atom. The zero-order chi connectivity index (χ0) is 24.3. The Kier molecular flexibility index (Phi) is 8.81. The number of carbonyl (C=O) groups excluding carboxylic acids is 2. The van der Waals surface area contributed by atoms with Crippen LogP contribution in [0.4, 0.5) is 11.5 Å². The van der Waals surface area contributed by atoms with E-state index in [0.29, 0.717) is 30.3 Å². The molecule has 1 amide bonds. The lowest BCUT2D eigenvalue weighted by Crippen LogP contribution is -2.27. The highest BCUT2D eigenvalue weighted by molar-refractivity contribution is 6.36. The molecule has 0 atom stereocenters. The SMILES string of the molecule is C#Cc1cccc(Nc2ncnc3cc(OC)c(OCCCCCCC(=O)C(=O)NC)cc23)c1. The number of ether oxygens (including phenoxy) is 2. The van der Waals surface area contributed by atoms with E-state index < -0.39 is 5.91 Å². The summed E-state index contributed by atoms with van der Waals surface area (Å²) >= 11 is 0. The van der Waals surface area contributed by atoms with Gasteiger partial charge in [0, 0.05) is 36.2 Å². The minimum Gasteiger partial charge on any atom is -0.493 e. The summed E-state index contributed by atoms with van der Waals surface area (Å²) in [5, 5.41) is 6.44. The summed E-state index contributed by atoms with van der Waals surface area (Å²) in [7, 11) is 3.05. The standard InChI is InChI=1S/C26H28N4O4/c1-4-18-10-9-11-19(14-18)30-25-20-15-24(23(33-3)16-21(20)28-17-29-25)34-13-8-6-5-7-12-22(31)26(32)27-2/h1,9-11,14-17H,5-8,12-13H2,2-3H3,(H,27,32)(H,28,29,30). The molecule has 8 nitrogen and oxygen atoms in total. The highest BCUT2D eigenvalue weighted by Gasteiger charge is 2.13. The fourth-order valence-electron chi connectivity index (χ4n) is 3.44. The van der Waals surface area contributed by atoms with Crippen LogP contribution < -0.4 is 20.1 Å². The van der Waals surface area contributed by atoms with E-state index in [-0.39, 0.29) is 12.2 Å². The molecule has 0 radical (unpaired) electrons. The number of nitrogens with zero attached hydrogens (tertiary/aromatic N) is 2. The molecule has 0 aliphatic rings. The lowest BCUT2D eigenvalue weighted by molar-refractivity contribution is -0.137. The van der Waals surface area contributed by atoms with Crippen LogP contribution in [0.2, 0.25) is 0 Å². The molecule has 2 N–H and O–H groups in total. The Morgan fingerprint density at radius 3 is 2.65 bits per heavy atom. The zero-order valence-electron chi connectivity index (χ0n) is 19.4. The van der Waals surface area contributed by atoms with E-state index >= 15 is 0 Å². The number of unbranched alkanes of at least 4 members (excludes halogenated alkanes) is 3. The van der Waals surface area contributed by atoms with Crippen molar-refractivity contribution in [1.82, 2.24) is 15.3 Å². The van der Waals surface area contributed by atoms with Gasteiger partial charge in [0.15, 0.2) is 11.5 Å². The number of rotatable bonds is 12. The molecule has 2 aromatic carbocycles. The number of ketones is 1. The maximum Gasteiger partial charge on any atom is 0.287 e. The fraction of sp³-hybridized carbons (Fsp3) is 0.308. The van der Waals surface area contributed by atoms with E-state index in [1.165, 1.54) is 13.4 Å². The molecule has 0 aliphatic heterocycles. The number of hydrogen-bond donors (Lipinski definition) is 2. The van der Waals surface area contributed by atoms with Crippen LogP contribution in [0.25, 0.3) is 10.9 Å². The summed E-state index contributed by atoms with van der Waals surface area (Å²) in [4.78, 5) is 31.5. The minimum absolute atomic E-state index is 0.263. The van der Waals surface area contributed by atoms with Crippen molar-refractivity contribution in [3.63, 3.8) is 0 Å². The first-order valence-corrected chi connectivity index (χ1v) is 11.1. The molecule has 1 aromatic heterocycles.